The zero-order valence-electron chi connectivity index (χ0n) is 14.6. The fraction of sp³-hybridized carbons (Fsp3) is 0.389. The Morgan fingerprint density at radius 3 is 2.54 bits per heavy atom. The molecular formula is C18H24N4O2. The van der Waals surface area contributed by atoms with Crippen LogP contribution in [0.3, 0.4) is 0 Å². The summed E-state index contributed by atoms with van der Waals surface area (Å²) in [5, 5.41) is 6.14. The predicted molar refractivity (Wildman–Crippen MR) is 95.6 cm³/mol. The van der Waals surface area contributed by atoms with Crippen LogP contribution in [0.15, 0.2) is 24.3 Å². The largest absolute Gasteiger partial charge is 0.385 e. The molecule has 0 fully saturated rings. The molecule has 1 aromatic heterocycles. The molecular weight excluding hydrogens is 304 g/mol. The van der Waals surface area contributed by atoms with Crippen molar-refractivity contribution in [2.75, 3.05) is 30.9 Å². The molecule has 0 atom stereocenters. The van der Waals surface area contributed by atoms with Crippen LogP contribution in [0.2, 0.25) is 0 Å². The Morgan fingerprint density at radius 2 is 1.88 bits per heavy atom. The number of ether oxygens (including phenoxy) is 1. The summed E-state index contributed by atoms with van der Waals surface area (Å²) in [5.74, 6) is 0.960. The number of benzene rings is 1. The first kappa shape index (κ1) is 17.9. The van der Waals surface area contributed by atoms with Crippen molar-refractivity contribution in [2.24, 2.45) is 0 Å². The molecule has 0 bridgehead atoms. The summed E-state index contributed by atoms with van der Waals surface area (Å²) in [6.45, 7) is 7.11. The van der Waals surface area contributed by atoms with E-state index in [0.29, 0.717) is 23.9 Å². The highest BCUT2D eigenvalue weighted by Gasteiger charge is 2.13. The average molecular weight is 328 g/mol. The number of nitrogens with one attached hydrogen (secondary N) is 2. The molecule has 2 N–H and O–H groups in total. The first-order valence-corrected chi connectivity index (χ1v) is 7.97. The molecule has 0 saturated heterocycles. The first-order chi connectivity index (χ1) is 11.5. The quantitative estimate of drug-likeness (QED) is 0.764. The van der Waals surface area contributed by atoms with Crippen LogP contribution in [0.25, 0.3) is 0 Å². The van der Waals surface area contributed by atoms with E-state index in [9.17, 15) is 4.79 Å². The molecule has 0 radical (unpaired) electrons. The second-order valence-corrected chi connectivity index (χ2v) is 5.68. The number of amides is 1. The summed E-state index contributed by atoms with van der Waals surface area (Å²) in [4.78, 5) is 21.1. The van der Waals surface area contributed by atoms with E-state index in [1.54, 1.807) is 20.1 Å². The van der Waals surface area contributed by atoms with Crippen molar-refractivity contribution in [3.8, 4) is 0 Å². The number of methoxy groups -OCH3 is 1. The monoisotopic (exact) mass is 328 g/mol. The molecule has 6 heteroatoms. The van der Waals surface area contributed by atoms with Gasteiger partial charge in [-0.15, -0.1) is 0 Å². The van der Waals surface area contributed by atoms with Gasteiger partial charge >= 0.3 is 0 Å². The third-order valence-corrected chi connectivity index (χ3v) is 3.62. The predicted octanol–water partition coefficient (Wildman–Crippen LogP) is 3.10. The fourth-order valence-corrected chi connectivity index (χ4v) is 2.40. The zero-order chi connectivity index (χ0) is 17.5. The van der Waals surface area contributed by atoms with Gasteiger partial charge in [0.05, 0.1) is 0 Å². The highest BCUT2D eigenvalue weighted by molar-refractivity contribution is 6.04. The van der Waals surface area contributed by atoms with Gasteiger partial charge in [0.15, 0.2) is 0 Å². The highest BCUT2D eigenvalue weighted by Crippen LogP contribution is 2.20. The molecule has 0 unspecified atom stereocenters. The second-order valence-electron chi connectivity index (χ2n) is 5.68. The number of carbonyl (C=O) groups is 1. The maximum absolute atomic E-state index is 12.6. The summed E-state index contributed by atoms with van der Waals surface area (Å²) in [7, 11) is 1.67. The summed E-state index contributed by atoms with van der Waals surface area (Å²) >= 11 is 0. The third-order valence-electron chi connectivity index (χ3n) is 3.62. The van der Waals surface area contributed by atoms with Gasteiger partial charge in [-0.05, 0) is 38.3 Å². The zero-order valence-corrected chi connectivity index (χ0v) is 14.6. The number of aromatic nitrogens is 2. The van der Waals surface area contributed by atoms with E-state index in [1.807, 2.05) is 32.0 Å². The lowest BCUT2D eigenvalue weighted by atomic mass is 10.1. The number of carbonyl (C=O) groups excluding carboxylic acids is 1. The number of para-hydroxylation sites is 1. The van der Waals surface area contributed by atoms with Crippen LogP contribution in [0, 0.1) is 20.8 Å². The van der Waals surface area contributed by atoms with Gasteiger partial charge in [-0.2, -0.15) is 0 Å². The van der Waals surface area contributed by atoms with Gasteiger partial charge in [0.1, 0.15) is 17.3 Å². The van der Waals surface area contributed by atoms with E-state index in [-0.39, 0.29) is 5.91 Å². The van der Waals surface area contributed by atoms with Crippen molar-refractivity contribution in [1.82, 2.24) is 9.97 Å². The molecule has 0 spiro atoms. The normalized spacial score (nSPS) is 10.5. The van der Waals surface area contributed by atoms with Crippen molar-refractivity contribution in [3.63, 3.8) is 0 Å². The van der Waals surface area contributed by atoms with Crippen molar-refractivity contribution in [2.45, 2.75) is 27.2 Å². The Kier molecular flexibility index (Phi) is 6.26. The summed E-state index contributed by atoms with van der Waals surface area (Å²) < 4.78 is 5.02. The second kappa shape index (κ2) is 8.40. The topological polar surface area (TPSA) is 76.1 Å². The van der Waals surface area contributed by atoms with Crippen molar-refractivity contribution >= 4 is 17.4 Å². The highest BCUT2D eigenvalue weighted by atomic mass is 16.5. The first-order valence-electron chi connectivity index (χ1n) is 7.97. The van der Waals surface area contributed by atoms with Gasteiger partial charge in [-0.3, -0.25) is 4.79 Å². The van der Waals surface area contributed by atoms with Gasteiger partial charge in [0, 0.05) is 32.0 Å². The molecule has 1 heterocycles. The third kappa shape index (κ3) is 4.76. The van der Waals surface area contributed by atoms with E-state index < -0.39 is 0 Å². The Balaban J connectivity index is 2.13. The summed E-state index contributed by atoms with van der Waals surface area (Å²) in [6, 6.07) is 7.58. The maximum atomic E-state index is 12.6. The van der Waals surface area contributed by atoms with Crippen LogP contribution in [0.1, 0.15) is 33.9 Å². The van der Waals surface area contributed by atoms with Gasteiger partial charge in [-0.1, -0.05) is 18.2 Å². The van der Waals surface area contributed by atoms with E-state index in [0.717, 1.165) is 29.8 Å². The molecule has 0 aliphatic carbocycles. The van der Waals surface area contributed by atoms with Crippen molar-refractivity contribution in [3.05, 3.63) is 46.9 Å². The Bertz CT molecular complexity index is 696. The van der Waals surface area contributed by atoms with Crippen molar-refractivity contribution in [1.29, 1.82) is 0 Å². The molecule has 1 amide bonds. The standard InChI is InChI=1S/C18H24N4O2/c1-12-7-5-8-13(2)17(12)22-18(23)15-11-16(21-14(3)20-15)19-9-6-10-24-4/h5,7-8,11H,6,9-10H2,1-4H3,(H,22,23)(H,19,20,21). The number of anilines is 2. The lowest BCUT2D eigenvalue weighted by Gasteiger charge is -2.12. The van der Waals surface area contributed by atoms with E-state index in [1.165, 1.54) is 0 Å². The van der Waals surface area contributed by atoms with Gasteiger partial charge in [0.25, 0.3) is 5.91 Å². The van der Waals surface area contributed by atoms with Crippen LogP contribution < -0.4 is 10.6 Å². The molecule has 24 heavy (non-hydrogen) atoms. The Labute approximate surface area is 142 Å². The van der Waals surface area contributed by atoms with Crippen LogP contribution in [0.5, 0.6) is 0 Å². The maximum Gasteiger partial charge on any atom is 0.274 e. The lowest BCUT2D eigenvalue weighted by Crippen LogP contribution is -2.17. The van der Waals surface area contributed by atoms with Gasteiger partial charge in [0.2, 0.25) is 0 Å². The summed E-state index contributed by atoms with van der Waals surface area (Å²) in [6.07, 6.45) is 0.865. The van der Waals surface area contributed by atoms with Crippen LogP contribution in [-0.2, 0) is 4.74 Å². The van der Waals surface area contributed by atoms with Crippen LogP contribution in [0.4, 0.5) is 11.5 Å². The van der Waals surface area contributed by atoms with Gasteiger partial charge < -0.3 is 15.4 Å². The van der Waals surface area contributed by atoms with Crippen LogP contribution >= 0.6 is 0 Å². The molecule has 0 saturated carbocycles. The molecule has 128 valence electrons. The number of hydrogen-bond donors (Lipinski definition) is 2. The molecule has 6 nitrogen and oxygen atoms in total. The minimum Gasteiger partial charge on any atom is -0.385 e. The molecule has 0 aliphatic heterocycles. The lowest BCUT2D eigenvalue weighted by molar-refractivity contribution is 0.102. The number of aryl methyl sites for hydroxylation is 3. The molecule has 0 aliphatic rings. The van der Waals surface area contributed by atoms with Crippen molar-refractivity contribution < 1.29 is 9.53 Å². The minimum absolute atomic E-state index is 0.238. The smallest absolute Gasteiger partial charge is 0.274 e. The molecule has 2 aromatic rings. The van der Waals surface area contributed by atoms with Gasteiger partial charge in [-0.25, -0.2) is 9.97 Å². The fourth-order valence-electron chi connectivity index (χ4n) is 2.40. The molecule has 2 rings (SSSR count). The van der Waals surface area contributed by atoms with E-state index in [4.69, 9.17) is 4.74 Å². The van der Waals surface area contributed by atoms with E-state index >= 15 is 0 Å². The molecule has 1 aromatic carbocycles. The Morgan fingerprint density at radius 1 is 1.17 bits per heavy atom. The number of nitrogens with zero attached hydrogens (tertiary/aromatic N) is 2. The average Bonchev–Trinajstić information content (AvgIpc) is 2.54. The summed E-state index contributed by atoms with van der Waals surface area (Å²) in [5.41, 5.74) is 3.21. The number of hydrogen-bond acceptors (Lipinski definition) is 5. The van der Waals surface area contributed by atoms with E-state index in [2.05, 4.69) is 20.6 Å². The number of rotatable bonds is 7. The Hall–Kier alpha value is -2.47. The van der Waals surface area contributed by atoms with Crippen LogP contribution in [-0.4, -0.2) is 36.1 Å². The SMILES string of the molecule is COCCCNc1cc(C(=O)Nc2c(C)cccc2C)nc(C)n1. The minimum atomic E-state index is -0.238.